The van der Waals surface area contributed by atoms with E-state index in [1.165, 1.54) is 18.9 Å². The Morgan fingerprint density at radius 3 is 2.60 bits per heavy atom. The molecule has 1 aromatic carbocycles. The van der Waals surface area contributed by atoms with Crippen molar-refractivity contribution in [2.24, 2.45) is 0 Å². The lowest BCUT2D eigenvalue weighted by Gasteiger charge is -2.18. The molecule has 0 aliphatic carbocycles. The van der Waals surface area contributed by atoms with Crippen molar-refractivity contribution in [2.75, 3.05) is 13.7 Å². The number of rotatable bonds is 5. The summed E-state index contributed by atoms with van der Waals surface area (Å²) in [6.45, 7) is 0.838. The van der Waals surface area contributed by atoms with Crippen molar-refractivity contribution in [3.05, 3.63) is 65.5 Å². The van der Waals surface area contributed by atoms with Gasteiger partial charge in [0.1, 0.15) is 0 Å². The number of halogens is 1. The molecule has 0 amide bonds. The molecule has 2 atom stereocenters. The van der Waals surface area contributed by atoms with Crippen LogP contribution in [0.2, 0.25) is 0 Å². The van der Waals surface area contributed by atoms with Gasteiger partial charge in [0.15, 0.2) is 5.78 Å². The predicted octanol–water partition coefficient (Wildman–Crippen LogP) is 2.55. The summed E-state index contributed by atoms with van der Waals surface area (Å²) in [6, 6.07) is 13.3. The van der Waals surface area contributed by atoms with E-state index in [9.17, 15) is 9.59 Å². The predicted molar refractivity (Wildman–Crippen MR) is 97.1 cm³/mol. The number of Topliss-reactive ketones (excluding diaryl/α,β-unsaturated/α-hetero) is 1. The van der Waals surface area contributed by atoms with Crippen molar-refractivity contribution < 1.29 is 14.3 Å². The number of hydrogen-bond acceptors (Lipinski definition) is 5. The summed E-state index contributed by atoms with van der Waals surface area (Å²) >= 11 is 0. The Balaban J connectivity index is 0.00000225. The summed E-state index contributed by atoms with van der Waals surface area (Å²) in [7, 11) is 1.33. The first-order valence-electron chi connectivity index (χ1n) is 8.03. The molecule has 132 valence electrons. The standard InChI is InChI=1S/C19H20N2O3.ClH/c1-24-19(23)14-7-8-15(21-12-14)11-17(22)18-16(9-10-20-18)13-5-3-2-4-6-13;/h2-8,12,16,18,20H,9-11H2,1H3;1H/t16-,18+;/m1./s1. The quantitative estimate of drug-likeness (QED) is 0.830. The normalized spacial score (nSPS) is 19.1. The van der Waals surface area contributed by atoms with Gasteiger partial charge < -0.3 is 10.1 Å². The fourth-order valence-corrected chi connectivity index (χ4v) is 3.16. The largest absolute Gasteiger partial charge is 0.465 e. The Morgan fingerprint density at radius 2 is 1.96 bits per heavy atom. The maximum absolute atomic E-state index is 12.7. The number of pyridine rings is 1. The molecule has 1 fully saturated rings. The zero-order valence-electron chi connectivity index (χ0n) is 14.0. The molecule has 5 nitrogen and oxygen atoms in total. The van der Waals surface area contributed by atoms with Gasteiger partial charge in [-0.2, -0.15) is 0 Å². The SMILES string of the molecule is COC(=O)c1ccc(CC(=O)[C@H]2NCC[C@@H]2c2ccccc2)nc1.Cl. The first-order valence-corrected chi connectivity index (χ1v) is 8.03. The van der Waals surface area contributed by atoms with E-state index in [2.05, 4.69) is 27.2 Å². The maximum atomic E-state index is 12.7. The van der Waals surface area contributed by atoms with Crippen molar-refractivity contribution in [2.45, 2.75) is 24.8 Å². The number of nitrogens with one attached hydrogen (secondary N) is 1. The van der Waals surface area contributed by atoms with Crippen LogP contribution in [0.5, 0.6) is 0 Å². The average Bonchev–Trinajstić information content (AvgIpc) is 3.12. The molecule has 0 unspecified atom stereocenters. The number of ketones is 1. The van der Waals surface area contributed by atoms with E-state index in [1.807, 2.05) is 18.2 Å². The van der Waals surface area contributed by atoms with E-state index in [1.54, 1.807) is 12.1 Å². The minimum absolute atomic E-state index is 0. The highest BCUT2D eigenvalue weighted by Crippen LogP contribution is 2.28. The molecule has 1 aromatic heterocycles. The van der Waals surface area contributed by atoms with Crippen molar-refractivity contribution in [1.82, 2.24) is 10.3 Å². The van der Waals surface area contributed by atoms with Gasteiger partial charge in [0.25, 0.3) is 0 Å². The van der Waals surface area contributed by atoms with Gasteiger partial charge in [-0.05, 0) is 30.7 Å². The number of aromatic nitrogens is 1. The summed E-state index contributed by atoms with van der Waals surface area (Å²) in [6.07, 6.45) is 2.66. The van der Waals surface area contributed by atoms with Gasteiger partial charge in [0.2, 0.25) is 0 Å². The highest BCUT2D eigenvalue weighted by molar-refractivity contribution is 5.89. The first-order chi connectivity index (χ1) is 11.7. The Bertz CT molecular complexity index is 719. The van der Waals surface area contributed by atoms with Gasteiger partial charge in [-0.25, -0.2) is 4.79 Å². The number of ether oxygens (including phenoxy) is 1. The van der Waals surface area contributed by atoms with Gasteiger partial charge in [-0.1, -0.05) is 30.3 Å². The maximum Gasteiger partial charge on any atom is 0.339 e. The number of carbonyl (C=O) groups is 2. The van der Waals surface area contributed by atoms with Crippen LogP contribution >= 0.6 is 12.4 Å². The summed E-state index contributed by atoms with van der Waals surface area (Å²) in [4.78, 5) is 28.3. The molecular weight excluding hydrogens is 340 g/mol. The van der Waals surface area contributed by atoms with Gasteiger partial charge >= 0.3 is 5.97 Å². The molecule has 6 heteroatoms. The molecule has 0 spiro atoms. The van der Waals surface area contributed by atoms with Crippen LogP contribution in [0.4, 0.5) is 0 Å². The van der Waals surface area contributed by atoms with Crippen molar-refractivity contribution in [3.63, 3.8) is 0 Å². The fourth-order valence-electron chi connectivity index (χ4n) is 3.16. The van der Waals surface area contributed by atoms with E-state index in [-0.39, 0.29) is 36.6 Å². The van der Waals surface area contributed by atoms with Crippen molar-refractivity contribution >= 4 is 24.2 Å². The zero-order chi connectivity index (χ0) is 16.9. The second-order valence-electron chi connectivity index (χ2n) is 5.91. The fraction of sp³-hybridized carbons (Fsp3) is 0.316. The lowest BCUT2D eigenvalue weighted by molar-refractivity contribution is -0.120. The molecule has 0 radical (unpaired) electrons. The molecule has 0 bridgehead atoms. The Hall–Kier alpha value is -2.24. The van der Waals surface area contributed by atoms with E-state index in [4.69, 9.17) is 0 Å². The van der Waals surface area contributed by atoms with Gasteiger partial charge in [-0.3, -0.25) is 9.78 Å². The van der Waals surface area contributed by atoms with E-state index >= 15 is 0 Å². The molecule has 1 aliphatic rings. The monoisotopic (exact) mass is 360 g/mol. The summed E-state index contributed by atoms with van der Waals surface area (Å²) in [5.74, 6) is -0.102. The van der Waals surface area contributed by atoms with Crippen LogP contribution in [0.25, 0.3) is 0 Å². The third-order valence-electron chi connectivity index (χ3n) is 4.40. The summed E-state index contributed by atoms with van der Waals surface area (Å²) < 4.78 is 4.65. The number of carbonyl (C=O) groups excluding carboxylic acids is 2. The molecule has 2 heterocycles. The molecule has 1 saturated heterocycles. The zero-order valence-corrected chi connectivity index (χ0v) is 14.8. The number of nitrogens with zero attached hydrogens (tertiary/aromatic N) is 1. The Labute approximate surface area is 153 Å². The minimum Gasteiger partial charge on any atom is -0.465 e. The van der Waals surface area contributed by atoms with Crippen LogP contribution in [0.15, 0.2) is 48.7 Å². The molecule has 1 N–H and O–H groups in total. The minimum atomic E-state index is -0.429. The highest BCUT2D eigenvalue weighted by Gasteiger charge is 2.33. The number of hydrogen-bond donors (Lipinski definition) is 1. The smallest absolute Gasteiger partial charge is 0.339 e. The number of methoxy groups -OCH3 is 1. The Kier molecular flexibility index (Phi) is 6.67. The van der Waals surface area contributed by atoms with Crippen LogP contribution in [0.1, 0.15) is 34.0 Å². The molecule has 1 aliphatic heterocycles. The highest BCUT2D eigenvalue weighted by atomic mass is 35.5. The van der Waals surface area contributed by atoms with Gasteiger partial charge in [0, 0.05) is 17.8 Å². The second-order valence-corrected chi connectivity index (χ2v) is 5.91. The van der Waals surface area contributed by atoms with Crippen molar-refractivity contribution in [1.29, 1.82) is 0 Å². The van der Waals surface area contributed by atoms with Gasteiger partial charge in [-0.15, -0.1) is 12.4 Å². The van der Waals surface area contributed by atoms with Crippen LogP contribution < -0.4 is 5.32 Å². The average molecular weight is 361 g/mol. The van der Waals surface area contributed by atoms with Crippen LogP contribution in [-0.2, 0) is 16.0 Å². The molecular formula is C19H21ClN2O3. The van der Waals surface area contributed by atoms with E-state index in [0.717, 1.165) is 13.0 Å². The third-order valence-corrected chi connectivity index (χ3v) is 4.40. The van der Waals surface area contributed by atoms with Crippen LogP contribution in [0, 0.1) is 0 Å². The topological polar surface area (TPSA) is 68.3 Å². The summed E-state index contributed by atoms with van der Waals surface area (Å²) in [5, 5.41) is 3.31. The Morgan fingerprint density at radius 1 is 1.20 bits per heavy atom. The molecule has 2 aromatic rings. The molecule has 0 saturated carbocycles. The first kappa shape index (κ1) is 19.1. The number of esters is 1. The van der Waals surface area contributed by atoms with Gasteiger partial charge in [0.05, 0.1) is 25.1 Å². The third kappa shape index (κ3) is 4.44. The van der Waals surface area contributed by atoms with E-state index < -0.39 is 5.97 Å². The second kappa shape index (κ2) is 8.74. The van der Waals surface area contributed by atoms with E-state index in [0.29, 0.717) is 11.3 Å². The molecule has 25 heavy (non-hydrogen) atoms. The van der Waals surface area contributed by atoms with Crippen LogP contribution in [-0.4, -0.2) is 36.4 Å². The lowest BCUT2D eigenvalue weighted by atomic mass is 9.88. The van der Waals surface area contributed by atoms with Crippen molar-refractivity contribution in [3.8, 4) is 0 Å². The number of benzene rings is 1. The molecule has 3 rings (SSSR count). The summed E-state index contributed by atoms with van der Waals surface area (Å²) in [5.41, 5.74) is 2.23. The lowest BCUT2D eigenvalue weighted by Crippen LogP contribution is -2.36. The van der Waals surface area contributed by atoms with Crippen LogP contribution in [0.3, 0.4) is 0 Å².